The van der Waals surface area contributed by atoms with Crippen LogP contribution in [0.25, 0.3) is 0 Å². The summed E-state index contributed by atoms with van der Waals surface area (Å²) in [4.78, 5) is 33.8. The number of imide groups is 1. The Hall–Kier alpha value is -1.13. The number of carbonyl (C=O) groups excluding carboxylic acids is 2. The molecule has 2 fully saturated rings. The topological polar surface area (TPSA) is 120 Å². The fourth-order valence-corrected chi connectivity index (χ4v) is 4.29. The Balaban J connectivity index is 1.98. The lowest BCUT2D eigenvalue weighted by Gasteiger charge is -2.39. The summed E-state index contributed by atoms with van der Waals surface area (Å²) in [5.74, 6) is -0.475. The molecule has 0 spiro atoms. The summed E-state index contributed by atoms with van der Waals surface area (Å²) in [5.41, 5.74) is -0.751. The first kappa shape index (κ1) is 18.7. The van der Waals surface area contributed by atoms with Gasteiger partial charge in [-0.3, -0.25) is 13.9 Å². The van der Waals surface area contributed by atoms with Gasteiger partial charge < -0.3 is 19.1 Å². The zero-order valence-electron chi connectivity index (χ0n) is 14.4. The third-order valence-corrected chi connectivity index (χ3v) is 5.30. The van der Waals surface area contributed by atoms with Crippen molar-refractivity contribution in [1.29, 1.82) is 0 Å². The molecule has 0 aromatic rings. The maximum absolute atomic E-state index is 12.5. The average Bonchev–Trinajstić information content (AvgIpc) is 2.96. The van der Waals surface area contributed by atoms with Crippen LogP contribution in [0.5, 0.6) is 0 Å². The van der Waals surface area contributed by atoms with Gasteiger partial charge in [-0.15, -0.1) is 0 Å². The van der Waals surface area contributed by atoms with Gasteiger partial charge in [0.15, 0.2) is 11.7 Å². The second-order valence-electron chi connectivity index (χ2n) is 6.83. The van der Waals surface area contributed by atoms with Gasteiger partial charge >= 0.3 is 13.6 Å². The van der Waals surface area contributed by atoms with Crippen molar-refractivity contribution in [3.8, 4) is 0 Å². The van der Waals surface area contributed by atoms with Gasteiger partial charge in [0.05, 0.1) is 25.8 Å². The predicted octanol–water partition coefficient (Wildman–Crippen LogP) is -0.0727. The molecule has 3 heterocycles. The summed E-state index contributed by atoms with van der Waals surface area (Å²) in [7, 11) is -0.798. The number of quaternary nitrogens is 1. The predicted molar refractivity (Wildman–Crippen MR) is 83.3 cm³/mol. The van der Waals surface area contributed by atoms with E-state index < -0.39 is 48.1 Å². The monoisotopic (exact) mass is 377 g/mol. The number of rotatable bonds is 5. The molecular weight excluding hydrogens is 355 g/mol. The first-order chi connectivity index (χ1) is 11.5. The van der Waals surface area contributed by atoms with Crippen LogP contribution in [0.2, 0.25) is 0 Å². The second kappa shape index (κ2) is 5.95. The third-order valence-electron chi connectivity index (χ3n) is 4.68. The molecule has 0 saturated carbocycles. The standard InChI is InChI=1S/C14H21N2O8P/c1-8-5-16(2,13(18)15-11(8)17)12-9-10(24-25(4,19)20)14(23-12,6-21-3)7-22-9/h5,9-10,12H,6-7H2,1-4H3,(H-,15,17,18,19,20)/p+1/t9-,10?,12+,14-,16?/m0/s1. The number of carbonyl (C=O) groups is 2. The van der Waals surface area contributed by atoms with Crippen LogP contribution in [-0.4, -0.2) is 79.4 Å². The highest BCUT2D eigenvalue weighted by molar-refractivity contribution is 7.51. The summed E-state index contributed by atoms with van der Waals surface area (Å²) in [6.45, 7) is 2.83. The quantitative estimate of drug-likeness (QED) is 0.505. The molecule has 11 heteroatoms. The van der Waals surface area contributed by atoms with Gasteiger partial charge in [0, 0.05) is 13.8 Å². The van der Waals surface area contributed by atoms with Crippen LogP contribution in [0.1, 0.15) is 6.92 Å². The summed E-state index contributed by atoms with van der Waals surface area (Å²) in [5, 5.41) is 2.28. The highest BCUT2D eigenvalue weighted by atomic mass is 31.2. The van der Waals surface area contributed by atoms with E-state index in [0.717, 1.165) is 6.66 Å². The number of amides is 3. The minimum atomic E-state index is -3.83. The van der Waals surface area contributed by atoms with Gasteiger partial charge in [-0.1, -0.05) is 0 Å². The Kier molecular flexibility index (Phi) is 4.44. The molecule has 0 aromatic carbocycles. The van der Waals surface area contributed by atoms with E-state index in [-0.39, 0.29) is 13.2 Å². The largest absolute Gasteiger partial charge is 0.430 e. The summed E-state index contributed by atoms with van der Waals surface area (Å²) in [6.07, 6.45) is -1.03. The number of nitrogens with one attached hydrogen (secondary N) is 1. The van der Waals surface area contributed by atoms with Gasteiger partial charge in [-0.05, 0) is 6.92 Å². The molecule has 6 atom stereocenters. The average molecular weight is 377 g/mol. The van der Waals surface area contributed by atoms with Crippen LogP contribution < -0.4 is 5.32 Å². The van der Waals surface area contributed by atoms with Crippen LogP contribution in [0.4, 0.5) is 4.79 Å². The molecule has 2 bridgehead atoms. The van der Waals surface area contributed by atoms with E-state index in [2.05, 4.69) is 5.32 Å². The fourth-order valence-electron chi connectivity index (χ4n) is 3.55. The van der Waals surface area contributed by atoms with E-state index in [0.29, 0.717) is 5.57 Å². The van der Waals surface area contributed by atoms with Gasteiger partial charge in [0.2, 0.25) is 6.23 Å². The molecule has 3 aliphatic heterocycles. The minimum absolute atomic E-state index is 0.0634. The summed E-state index contributed by atoms with van der Waals surface area (Å²) in [6, 6.07) is -0.577. The molecule has 3 unspecified atom stereocenters. The number of ether oxygens (including phenoxy) is 3. The number of urea groups is 1. The number of methoxy groups -OCH3 is 1. The molecule has 3 aliphatic rings. The lowest BCUT2D eigenvalue weighted by atomic mass is 10.00. The lowest BCUT2D eigenvalue weighted by Crippen LogP contribution is -2.65. The highest BCUT2D eigenvalue weighted by Crippen LogP contribution is 2.51. The molecule has 0 aromatic heterocycles. The Labute approximate surface area is 144 Å². The molecular formula is C14H22N2O8P+. The third kappa shape index (κ3) is 2.97. The minimum Gasteiger partial charge on any atom is -0.381 e. The first-order valence-corrected chi connectivity index (χ1v) is 9.73. The summed E-state index contributed by atoms with van der Waals surface area (Å²) >= 11 is 0. The van der Waals surface area contributed by atoms with E-state index >= 15 is 0 Å². The fraction of sp³-hybridized carbons (Fsp3) is 0.714. The zero-order valence-corrected chi connectivity index (χ0v) is 15.3. The Bertz CT molecular complexity index is 690. The van der Waals surface area contributed by atoms with Crippen molar-refractivity contribution >= 4 is 19.5 Å². The van der Waals surface area contributed by atoms with Crippen molar-refractivity contribution < 1.29 is 42.3 Å². The van der Waals surface area contributed by atoms with Crippen molar-refractivity contribution in [2.75, 3.05) is 34.0 Å². The maximum atomic E-state index is 12.5. The van der Waals surface area contributed by atoms with E-state index in [1.165, 1.54) is 13.3 Å². The SMILES string of the molecule is COC[C@]12CO[C@@H](C1OP(C)(=O)O)[C@H]([N+]1(C)C=C(C)C(=O)NC1=O)O2. The molecule has 0 radical (unpaired) electrons. The van der Waals surface area contributed by atoms with Crippen molar-refractivity contribution in [3.63, 3.8) is 0 Å². The molecule has 3 amide bonds. The maximum Gasteiger partial charge on any atom is 0.430 e. The van der Waals surface area contributed by atoms with Crippen LogP contribution in [0.15, 0.2) is 11.8 Å². The molecule has 3 rings (SSSR count). The number of nitrogens with zero attached hydrogens (tertiary/aromatic N) is 1. The van der Waals surface area contributed by atoms with Crippen molar-refractivity contribution in [2.24, 2.45) is 0 Å². The normalized spacial score (nSPS) is 42.9. The molecule has 140 valence electrons. The molecule has 10 nitrogen and oxygen atoms in total. The highest BCUT2D eigenvalue weighted by Gasteiger charge is 2.70. The molecule has 2 N–H and O–H groups in total. The van der Waals surface area contributed by atoms with Gasteiger partial charge in [0.25, 0.3) is 5.91 Å². The van der Waals surface area contributed by atoms with Crippen LogP contribution in [0, 0.1) is 0 Å². The lowest BCUT2D eigenvalue weighted by molar-refractivity contribution is -0.840. The Morgan fingerprint density at radius 3 is 2.80 bits per heavy atom. The second-order valence-corrected chi connectivity index (χ2v) is 8.65. The van der Waals surface area contributed by atoms with Crippen LogP contribution >= 0.6 is 7.60 Å². The number of hydrogen-bond acceptors (Lipinski definition) is 7. The smallest absolute Gasteiger partial charge is 0.381 e. The Morgan fingerprint density at radius 1 is 1.52 bits per heavy atom. The van der Waals surface area contributed by atoms with Crippen molar-refractivity contribution in [3.05, 3.63) is 11.8 Å². The van der Waals surface area contributed by atoms with Gasteiger partial charge in [0.1, 0.15) is 12.3 Å². The van der Waals surface area contributed by atoms with Crippen molar-refractivity contribution in [1.82, 2.24) is 5.32 Å². The van der Waals surface area contributed by atoms with E-state index in [4.69, 9.17) is 18.7 Å². The van der Waals surface area contributed by atoms with Gasteiger partial charge in [-0.25, -0.2) is 10.1 Å². The Morgan fingerprint density at radius 2 is 2.20 bits per heavy atom. The van der Waals surface area contributed by atoms with E-state index in [1.807, 2.05) is 0 Å². The zero-order chi connectivity index (χ0) is 18.6. The number of hydrogen-bond donors (Lipinski definition) is 2. The van der Waals surface area contributed by atoms with E-state index in [9.17, 15) is 19.0 Å². The molecule has 25 heavy (non-hydrogen) atoms. The van der Waals surface area contributed by atoms with Crippen LogP contribution in [0.3, 0.4) is 0 Å². The molecule has 2 saturated heterocycles. The van der Waals surface area contributed by atoms with Crippen LogP contribution in [-0.2, 0) is 28.1 Å². The number of fused-ring (bicyclic) bond motifs is 2. The summed E-state index contributed by atoms with van der Waals surface area (Å²) < 4.78 is 33.8. The first-order valence-electron chi connectivity index (χ1n) is 7.71. The molecule has 0 aliphatic carbocycles. The van der Waals surface area contributed by atoms with E-state index in [1.54, 1.807) is 14.0 Å². The van der Waals surface area contributed by atoms with Gasteiger partial charge in [-0.2, -0.15) is 4.48 Å². The van der Waals surface area contributed by atoms with Crippen molar-refractivity contribution in [2.45, 2.75) is 31.0 Å². The number of likely N-dealkylation sites (N-methyl/N-ethyl adjacent to an activating group) is 1.